The Bertz CT molecular complexity index is 189. The van der Waals surface area contributed by atoms with Crippen LogP contribution in [0.2, 0.25) is 0 Å². The van der Waals surface area contributed by atoms with Gasteiger partial charge in [0.05, 0.1) is 12.5 Å². The predicted octanol–water partition coefficient (Wildman–Crippen LogP) is 2.24. The van der Waals surface area contributed by atoms with Crippen LogP contribution >= 0.6 is 0 Å². The zero-order chi connectivity index (χ0) is 10.3. The van der Waals surface area contributed by atoms with Crippen molar-refractivity contribution in [2.75, 3.05) is 6.61 Å². The standard InChI is InChI=1S/C11H18O2/c1-5-7-10(6-2)11(12)13-8-9(3)4/h1,9-10H,6-8H2,2-4H3. The first-order chi connectivity index (χ1) is 6.11. The Kier molecular flexibility index (Phi) is 6.05. The fraction of sp³-hybridized carbons (Fsp3) is 0.727. The van der Waals surface area contributed by atoms with Crippen molar-refractivity contribution < 1.29 is 9.53 Å². The van der Waals surface area contributed by atoms with Crippen molar-refractivity contribution in [3.8, 4) is 12.3 Å². The van der Waals surface area contributed by atoms with Crippen LogP contribution in [0, 0.1) is 24.2 Å². The molecule has 0 aliphatic rings. The number of hydrogen-bond donors (Lipinski definition) is 0. The average Bonchev–Trinajstić information content (AvgIpc) is 2.10. The third-order valence-electron chi connectivity index (χ3n) is 1.75. The quantitative estimate of drug-likeness (QED) is 0.481. The van der Waals surface area contributed by atoms with Crippen LogP contribution in [0.1, 0.15) is 33.6 Å². The van der Waals surface area contributed by atoms with Gasteiger partial charge in [0.1, 0.15) is 0 Å². The second-order valence-electron chi connectivity index (χ2n) is 3.54. The van der Waals surface area contributed by atoms with Crippen LogP contribution in [0.3, 0.4) is 0 Å². The molecule has 74 valence electrons. The number of terminal acetylenes is 1. The van der Waals surface area contributed by atoms with Crippen LogP contribution in [0.25, 0.3) is 0 Å². The van der Waals surface area contributed by atoms with Gasteiger partial charge in [-0.25, -0.2) is 0 Å². The molecule has 0 amide bonds. The summed E-state index contributed by atoms with van der Waals surface area (Å²) in [6, 6.07) is 0. The maximum atomic E-state index is 11.4. The van der Waals surface area contributed by atoms with E-state index in [-0.39, 0.29) is 11.9 Å². The molecule has 0 aromatic rings. The van der Waals surface area contributed by atoms with E-state index in [0.29, 0.717) is 18.9 Å². The third kappa shape index (κ3) is 5.30. The highest BCUT2D eigenvalue weighted by Gasteiger charge is 2.16. The summed E-state index contributed by atoms with van der Waals surface area (Å²) in [5, 5.41) is 0. The van der Waals surface area contributed by atoms with Crippen LogP contribution in [0.15, 0.2) is 0 Å². The van der Waals surface area contributed by atoms with Crippen molar-refractivity contribution >= 4 is 5.97 Å². The van der Waals surface area contributed by atoms with E-state index in [1.54, 1.807) is 0 Å². The maximum absolute atomic E-state index is 11.4. The van der Waals surface area contributed by atoms with Gasteiger partial charge in [0, 0.05) is 6.42 Å². The Morgan fingerprint density at radius 3 is 2.54 bits per heavy atom. The normalized spacial score (nSPS) is 12.2. The van der Waals surface area contributed by atoms with Crippen molar-refractivity contribution in [2.24, 2.45) is 11.8 Å². The summed E-state index contributed by atoms with van der Waals surface area (Å²) in [4.78, 5) is 11.4. The molecule has 0 saturated heterocycles. The largest absolute Gasteiger partial charge is 0.465 e. The van der Waals surface area contributed by atoms with Crippen LogP contribution in [0.5, 0.6) is 0 Å². The Morgan fingerprint density at radius 2 is 2.15 bits per heavy atom. The third-order valence-corrected chi connectivity index (χ3v) is 1.75. The van der Waals surface area contributed by atoms with E-state index < -0.39 is 0 Å². The van der Waals surface area contributed by atoms with E-state index in [4.69, 9.17) is 11.2 Å². The molecule has 2 heteroatoms. The molecular formula is C11H18O2. The van der Waals surface area contributed by atoms with Gasteiger partial charge in [0.2, 0.25) is 0 Å². The lowest BCUT2D eigenvalue weighted by atomic mass is 10.0. The second kappa shape index (κ2) is 6.54. The van der Waals surface area contributed by atoms with Gasteiger partial charge >= 0.3 is 5.97 Å². The molecule has 13 heavy (non-hydrogen) atoms. The molecule has 0 radical (unpaired) electrons. The molecule has 0 aliphatic heterocycles. The van der Waals surface area contributed by atoms with E-state index in [2.05, 4.69) is 5.92 Å². The minimum atomic E-state index is -0.158. The Labute approximate surface area is 80.7 Å². The predicted molar refractivity (Wildman–Crippen MR) is 53.0 cm³/mol. The lowest BCUT2D eigenvalue weighted by Gasteiger charge is -2.12. The van der Waals surface area contributed by atoms with Gasteiger partial charge < -0.3 is 4.74 Å². The minimum Gasteiger partial charge on any atom is -0.465 e. The first-order valence-electron chi connectivity index (χ1n) is 4.71. The van der Waals surface area contributed by atoms with Gasteiger partial charge in [-0.15, -0.1) is 12.3 Å². The fourth-order valence-corrected chi connectivity index (χ4v) is 0.903. The second-order valence-corrected chi connectivity index (χ2v) is 3.54. The number of carbonyl (C=O) groups excluding carboxylic acids is 1. The summed E-state index contributed by atoms with van der Waals surface area (Å²) in [6.07, 6.45) is 6.37. The van der Waals surface area contributed by atoms with E-state index in [1.807, 2.05) is 20.8 Å². The fourth-order valence-electron chi connectivity index (χ4n) is 0.903. The minimum absolute atomic E-state index is 0.122. The van der Waals surface area contributed by atoms with Crippen molar-refractivity contribution in [1.82, 2.24) is 0 Å². The zero-order valence-electron chi connectivity index (χ0n) is 8.67. The molecular weight excluding hydrogens is 164 g/mol. The number of hydrogen-bond acceptors (Lipinski definition) is 2. The molecule has 0 bridgehead atoms. The summed E-state index contributed by atoms with van der Waals surface area (Å²) in [5.41, 5.74) is 0. The smallest absolute Gasteiger partial charge is 0.309 e. The Hall–Kier alpha value is -0.970. The lowest BCUT2D eigenvalue weighted by Crippen LogP contribution is -2.19. The monoisotopic (exact) mass is 182 g/mol. The highest BCUT2D eigenvalue weighted by atomic mass is 16.5. The number of rotatable bonds is 5. The molecule has 0 saturated carbocycles. The molecule has 0 aromatic carbocycles. The van der Waals surface area contributed by atoms with Crippen molar-refractivity contribution in [2.45, 2.75) is 33.6 Å². The van der Waals surface area contributed by atoms with Crippen molar-refractivity contribution in [3.63, 3.8) is 0 Å². The molecule has 1 unspecified atom stereocenters. The summed E-state index contributed by atoms with van der Waals surface area (Å²) in [5.74, 6) is 2.59. The van der Waals surface area contributed by atoms with Crippen LogP contribution in [-0.2, 0) is 9.53 Å². The molecule has 0 N–H and O–H groups in total. The zero-order valence-corrected chi connectivity index (χ0v) is 8.67. The molecule has 0 aliphatic carbocycles. The van der Waals surface area contributed by atoms with Crippen LogP contribution in [0.4, 0.5) is 0 Å². The van der Waals surface area contributed by atoms with Crippen molar-refractivity contribution in [1.29, 1.82) is 0 Å². The van der Waals surface area contributed by atoms with Gasteiger partial charge in [-0.3, -0.25) is 4.79 Å². The number of carbonyl (C=O) groups is 1. The van der Waals surface area contributed by atoms with Gasteiger partial charge in [0.15, 0.2) is 0 Å². The molecule has 0 spiro atoms. The van der Waals surface area contributed by atoms with Gasteiger partial charge in [-0.05, 0) is 12.3 Å². The first kappa shape index (κ1) is 12.0. The van der Waals surface area contributed by atoms with Gasteiger partial charge in [0.25, 0.3) is 0 Å². The highest BCUT2D eigenvalue weighted by molar-refractivity contribution is 5.72. The summed E-state index contributed by atoms with van der Waals surface area (Å²) in [7, 11) is 0. The molecule has 1 atom stereocenters. The summed E-state index contributed by atoms with van der Waals surface area (Å²) in [6.45, 7) is 6.45. The van der Waals surface area contributed by atoms with E-state index in [0.717, 1.165) is 6.42 Å². The molecule has 0 rings (SSSR count). The van der Waals surface area contributed by atoms with Crippen molar-refractivity contribution in [3.05, 3.63) is 0 Å². The van der Waals surface area contributed by atoms with E-state index >= 15 is 0 Å². The first-order valence-corrected chi connectivity index (χ1v) is 4.71. The van der Waals surface area contributed by atoms with E-state index in [1.165, 1.54) is 0 Å². The number of ether oxygens (including phenoxy) is 1. The van der Waals surface area contributed by atoms with Gasteiger partial charge in [-0.2, -0.15) is 0 Å². The Balaban J connectivity index is 3.86. The average molecular weight is 182 g/mol. The summed E-state index contributed by atoms with van der Waals surface area (Å²) < 4.78 is 5.07. The molecule has 0 aromatic heterocycles. The van der Waals surface area contributed by atoms with Gasteiger partial charge in [-0.1, -0.05) is 20.8 Å². The number of esters is 1. The Morgan fingerprint density at radius 1 is 1.54 bits per heavy atom. The topological polar surface area (TPSA) is 26.3 Å². The van der Waals surface area contributed by atoms with Crippen LogP contribution in [-0.4, -0.2) is 12.6 Å². The highest BCUT2D eigenvalue weighted by Crippen LogP contribution is 2.10. The molecule has 0 fully saturated rings. The SMILES string of the molecule is C#CCC(CC)C(=O)OCC(C)C. The summed E-state index contributed by atoms with van der Waals surface area (Å²) >= 11 is 0. The molecule has 0 heterocycles. The molecule has 2 nitrogen and oxygen atoms in total. The van der Waals surface area contributed by atoms with Crippen LogP contribution < -0.4 is 0 Å². The lowest BCUT2D eigenvalue weighted by molar-refractivity contribution is -0.149. The van der Waals surface area contributed by atoms with E-state index in [9.17, 15) is 4.79 Å². The maximum Gasteiger partial charge on any atom is 0.309 e.